The Hall–Kier alpha value is -1.57. The summed E-state index contributed by atoms with van der Waals surface area (Å²) in [6.07, 6.45) is 0. The largest absolute Gasteiger partial charge is 0.361 e. The molecule has 112 valence electrons. The van der Waals surface area contributed by atoms with Gasteiger partial charge in [0, 0.05) is 25.8 Å². The van der Waals surface area contributed by atoms with Crippen LogP contribution in [0.15, 0.2) is 18.2 Å². The Morgan fingerprint density at radius 1 is 1.24 bits per heavy atom. The van der Waals surface area contributed by atoms with Gasteiger partial charge in [0.1, 0.15) is 12.8 Å². The number of hydrogen-bond acceptors (Lipinski definition) is 2. The number of fused-ring (bicyclic) bond motifs is 1. The second-order valence-electron chi connectivity index (χ2n) is 6.80. The predicted octanol–water partition coefficient (Wildman–Crippen LogP) is 4.44. The predicted molar refractivity (Wildman–Crippen MR) is 90.2 cm³/mol. The van der Waals surface area contributed by atoms with Crippen molar-refractivity contribution in [3.05, 3.63) is 35.0 Å². The minimum atomic E-state index is -1.06. The highest BCUT2D eigenvalue weighted by atomic mass is 28.3. The van der Waals surface area contributed by atoms with Gasteiger partial charge < -0.3 is 9.30 Å². The molecule has 0 aliphatic carbocycles. The molecule has 0 radical (unpaired) electrons. The van der Waals surface area contributed by atoms with E-state index in [-0.39, 0.29) is 0 Å². The van der Waals surface area contributed by atoms with Gasteiger partial charge in [0.05, 0.1) is 11.1 Å². The first-order valence-corrected chi connectivity index (χ1v) is 11.1. The second kappa shape index (κ2) is 6.04. The molecule has 0 amide bonds. The minimum absolute atomic E-state index is 0.527. The summed E-state index contributed by atoms with van der Waals surface area (Å²) in [5.41, 5.74) is 4.14. The molecule has 1 heterocycles. The number of benzene rings is 1. The van der Waals surface area contributed by atoms with Crippen LogP contribution in [0.2, 0.25) is 25.7 Å². The molecule has 0 N–H and O–H groups in total. The summed E-state index contributed by atoms with van der Waals surface area (Å²) in [7, 11) is -1.06. The molecule has 0 saturated carbocycles. The van der Waals surface area contributed by atoms with Crippen molar-refractivity contribution in [2.45, 2.75) is 46.3 Å². The van der Waals surface area contributed by atoms with Crippen LogP contribution in [0.5, 0.6) is 0 Å². The lowest BCUT2D eigenvalue weighted by atomic mass is 10.1. The molecule has 2 rings (SSSR count). The fraction of sp³-hybridized carbons (Fsp3) is 0.471. The maximum atomic E-state index is 9.34. The quantitative estimate of drug-likeness (QED) is 0.604. The standard InChI is InChI=1S/C17H24N2OSi/c1-13-14(2)19(12-20-9-10-21(3,4)5)17-15(11-18)7-6-8-16(13)17/h6-8H,9-10,12H2,1-5H3. The van der Waals surface area contributed by atoms with Gasteiger partial charge in [-0.1, -0.05) is 31.8 Å². The van der Waals surface area contributed by atoms with Crippen LogP contribution in [0, 0.1) is 25.2 Å². The molecule has 0 unspecified atom stereocenters. The molecule has 0 spiro atoms. The van der Waals surface area contributed by atoms with Crippen LogP contribution in [0.1, 0.15) is 16.8 Å². The van der Waals surface area contributed by atoms with E-state index in [1.165, 1.54) is 11.3 Å². The number of hydrogen-bond donors (Lipinski definition) is 0. The first-order valence-electron chi connectivity index (χ1n) is 7.41. The van der Waals surface area contributed by atoms with Crippen molar-refractivity contribution < 1.29 is 4.74 Å². The zero-order chi connectivity index (χ0) is 15.6. The van der Waals surface area contributed by atoms with Gasteiger partial charge in [-0.15, -0.1) is 0 Å². The average molecular weight is 300 g/mol. The van der Waals surface area contributed by atoms with E-state index in [4.69, 9.17) is 4.74 Å². The Bertz CT molecular complexity index is 689. The molecule has 1 aromatic carbocycles. The molecular weight excluding hydrogens is 276 g/mol. The molecule has 0 saturated heterocycles. The minimum Gasteiger partial charge on any atom is -0.361 e. The van der Waals surface area contributed by atoms with E-state index in [1.54, 1.807) is 0 Å². The van der Waals surface area contributed by atoms with Gasteiger partial charge in [-0.05, 0) is 31.5 Å². The molecule has 2 aromatic rings. The fourth-order valence-electron chi connectivity index (χ4n) is 2.49. The van der Waals surface area contributed by atoms with E-state index in [0.29, 0.717) is 6.73 Å². The lowest BCUT2D eigenvalue weighted by Crippen LogP contribution is -2.22. The summed E-state index contributed by atoms with van der Waals surface area (Å²) in [5, 5.41) is 10.5. The number of para-hydroxylation sites is 1. The SMILES string of the molecule is Cc1c(C)n(COCC[Si](C)(C)C)c2c(C#N)cccc12. The van der Waals surface area contributed by atoms with Crippen LogP contribution < -0.4 is 0 Å². The highest BCUT2D eigenvalue weighted by Gasteiger charge is 2.15. The number of ether oxygens (including phenoxy) is 1. The fourth-order valence-corrected chi connectivity index (χ4v) is 3.24. The smallest absolute Gasteiger partial charge is 0.123 e. The number of aryl methyl sites for hydroxylation is 1. The Kier molecular flexibility index (Phi) is 4.55. The molecule has 3 nitrogen and oxygen atoms in total. The summed E-state index contributed by atoms with van der Waals surface area (Å²) < 4.78 is 8.02. The monoisotopic (exact) mass is 300 g/mol. The van der Waals surface area contributed by atoms with E-state index in [9.17, 15) is 5.26 Å². The van der Waals surface area contributed by atoms with Crippen LogP contribution in [0.25, 0.3) is 10.9 Å². The van der Waals surface area contributed by atoms with Crippen molar-refractivity contribution in [1.82, 2.24) is 4.57 Å². The molecule has 1 aromatic heterocycles. The second-order valence-corrected chi connectivity index (χ2v) is 12.4. The van der Waals surface area contributed by atoms with E-state index >= 15 is 0 Å². The summed E-state index contributed by atoms with van der Waals surface area (Å²) in [6.45, 7) is 12.6. The maximum absolute atomic E-state index is 9.34. The maximum Gasteiger partial charge on any atom is 0.123 e. The lowest BCUT2D eigenvalue weighted by Gasteiger charge is -2.16. The third-order valence-corrected chi connectivity index (χ3v) is 5.70. The van der Waals surface area contributed by atoms with Crippen LogP contribution in [0.3, 0.4) is 0 Å². The number of rotatable bonds is 5. The Morgan fingerprint density at radius 3 is 2.57 bits per heavy atom. The molecule has 4 heteroatoms. The van der Waals surface area contributed by atoms with Crippen LogP contribution in [-0.2, 0) is 11.5 Å². The highest BCUT2D eigenvalue weighted by Crippen LogP contribution is 2.27. The van der Waals surface area contributed by atoms with E-state index in [2.05, 4.69) is 50.2 Å². The molecular formula is C17H24N2OSi. The van der Waals surface area contributed by atoms with Crippen molar-refractivity contribution in [1.29, 1.82) is 5.26 Å². The summed E-state index contributed by atoms with van der Waals surface area (Å²) >= 11 is 0. The van der Waals surface area contributed by atoms with Gasteiger partial charge in [-0.2, -0.15) is 5.26 Å². The normalized spacial score (nSPS) is 11.8. The van der Waals surface area contributed by atoms with Crippen LogP contribution >= 0.6 is 0 Å². The Balaban J connectivity index is 2.27. The van der Waals surface area contributed by atoms with Gasteiger partial charge in [0.2, 0.25) is 0 Å². The van der Waals surface area contributed by atoms with E-state index in [0.717, 1.165) is 29.1 Å². The van der Waals surface area contributed by atoms with Gasteiger partial charge in [0.25, 0.3) is 0 Å². The van der Waals surface area contributed by atoms with Crippen molar-refractivity contribution in [3.63, 3.8) is 0 Å². The first-order chi connectivity index (χ1) is 9.85. The van der Waals surface area contributed by atoms with Crippen molar-refractivity contribution in [3.8, 4) is 6.07 Å². The number of aromatic nitrogens is 1. The number of nitriles is 1. The summed E-state index contributed by atoms with van der Waals surface area (Å²) in [5.74, 6) is 0. The Labute approximate surface area is 128 Å². The van der Waals surface area contributed by atoms with Gasteiger partial charge in [-0.3, -0.25) is 0 Å². The zero-order valence-corrected chi connectivity index (χ0v) is 14.7. The highest BCUT2D eigenvalue weighted by molar-refractivity contribution is 6.76. The molecule has 0 aliphatic heterocycles. The number of nitrogens with zero attached hydrogens (tertiary/aromatic N) is 2. The molecule has 0 fully saturated rings. The van der Waals surface area contributed by atoms with Gasteiger partial charge >= 0.3 is 0 Å². The van der Waals surface area contributed by atoms with Crippen molar-refractivity contribution >= 4 is 19.0 Å². The Morgan fingerprint density at radius 2 is 1.95 bits per heavy atom. The summed E-state index contributed by atoms with van der Waals surface area (Å²) in [4.78, 5) is 0. The van der Waals surface area contributed by atoms with Crippen LogP contribution in [0.4, 0.5) is 0 Å². The first kappa shape index (κ1) is 15.8. The van der Waals surface area contributed by atoms with Gasteiger partial charge in [0.15, 0.2) is 0 Å². The average Bonchev–Trinajstić information content (AvgIpc) is 2.67. The topological polar surface area (TPSA) is 38.0 Å². The van der Waals surface area contributed by atoms with E-state index in [1.807, 2.05) is 12.1 Å². The molecule has 0 atom stereocenters. The molecule has 21 heavy (non-hydrogen) atoms. The van der Waals surface area contributed by atoms with Crippen molar-refractivity contribution in [2.75, 3.05) is 6.61 Å². The third kappa shape index (κ3) is 3.37. The lowest BCUT2D eigenvalue weighted by molar-refractivity contribution is 0.0889. The molecule has 0 aliphatic rings. The third-order valence-electron chi connectivity index (χ3n) is 3.99. The summed E-state index contributed by atoms with van der Waals surface area (Å²) in [6, 6.07) is 9.36. The van der Waals surface area contributed by atoms with Crippen LogP contribution in [-0.4, -0.2) is 19.2 Å². The van der Waals surface area contributed by atoms with Gasteiger partial charge in [-0.25, -0.2) is 0 Å². The van der Waals surface area contributed by atoms with E-state index < -0.39 is 8.07 Å². The zero-order valence-electron chi connectivity index (χ0n) is 13.7. The van der Waals surface area contributed by atoms with Crippen molar-refractivity contribution in [2.24, 2.45) is 0 Å². The molecule has 0 bridgehead atoms.